The van der Waals surface area contributed by atoms with Gasteiger partial charge in [0.1, 0.15) is 13.6 Å². The van der Waals surface area contributed by atoms with Crippen molar-refractivity contribution >= 4 is 7.85 Å². The van der Waals surface area contributed by atoms with E-state index in [0.717, 1.165) is 0 Å². The number of aliphatic hydroxyl groups excluding tert-OH is 1. The van der Waals surface area contributed by atoms with Crippen LogP contribution in [0.4, 0.5) is 0 Å². The van der Waals surface area contributed by atoms with Crippen LogP contribution in [-0.4, -0.2) is 13.0 Å². The van der Waals surface area contributed by atoms with Gasteiger partial charge >= 0.3 is 0 Å². The molecule has 0 fully saturated rings. The van der Waals surface area contributed by atoms with Crippen LogP contribution in [0.3, 0.4) is 0 Å². The van der Waals surface area contributed by atoms with E-state index in [1.165, 1.54) is 18.4 Å². The first kappa shape index (κ1) is 7.88. The van der Waals surface area contributed by atoms with Gasteiger partial charge in [0.15, 0.2) is 0 Å². The van der Waals surface area contributed by atoms with Crippen LogP contribution in [0, 0.1) is 0 Å². The summed E-state index contributed by atoms with van der Waals surface area (Å²) in [4.78, 5) is 0. The summed E-state index contributed by atoms with van der Waals surface area (Å²) in [6, 6.07) is 0. The predicted molar refractivity (Wildman–Crippen MR) is 38.9 cm³/mol. The molecule has 0 atom stereocenters. The SMILES string of the molecule is [B]C(=C)/C(O)=C\C=C/N. The molecule has 0 heterocycles. The molecule has 2 radical (unpaired) electrons. The molecule has 0 rings (SSSR count). The van der Waals surface area contributed by atoms with Gasteiger partial charge in [-0.25, -0.2) is 0 Å². The molecule has 3 heteroatoms. The average Bonchev–Trinajstić information content (AvgIpc) is 1.82. The maximum Gasteiger partial charge on any atom is 0.118 e. The molecule has 0 aromatic heterocycles. The molecule has 0 aliphatic heterocycles. The van der Waals surface area contributed by atoms with E-state index in [2.05, 4.69) is 6.58 Å². The zero-order valence-electron chi connectivity index (χ0n) is 5.04. The summed E-state index contributed by atoms with van der Waals surface area (Å²) in [5, 5.41) is 8.79. The van der Waals surface area contributed by atoms with Gasteiger partial charge in [-0.2, -0.15) is 0 Å². The number of hydrogen-bond donors (Lipinski definition) is 2. The van der Waals surface area contributed by atoms with Crippen LogP contribution >= 0.6 is 0 Å². The Hall–Kier alpha value is -1.12. The van der Waals surface area contributed by atoms with E-state index in [1.807, 2.05) is 0 Å². The molecule has 46 valence electrons. The third-order valence-corrected chi connectivity index (χ3v) is 0.694. The second-order valence-corrected chi connectivity index (χ2v) is 1.46. The quantitative estimate of drug-likeness (QED) is 0.319. The van der Waals surface area contributed by atoms with Crippen LogP contribution in [-0.2, 0) is 0 Å². The highest BCUT2D eigenvalue weighted by atomic mass is 16.3. The summed E-state index contributed by atoms with van der Waals surface area (Å²) in [5.41, 5.74) is 5.10. The number of aliphatic hydroxyl groups is 1. The zero-order valence-corrected chi connectivity index (χ0v) is 5.04. The lowest BCUT2D eigenvalue weighted by atomic mass is 9.96. The second kappa shape index (κ2) is 3.84. The van der Waals surface area contributed by atoms with E-state index < -0.39 is 0 Å². The van der Waals surface area contributed by atoms with Crippen LogP contribution in [0.5, 0.6) is 0 Å². The Morgan fingerprint density at radius 3 is 2.56 bits per heavy atom. The van der Waals surface area contributed by atoms with E-state index in [0.29, 0.717) is 0 Å². The van der Waals surface area contributed by atoms with Crippen molar-refractivity contribution in [2.45, 2.75) is 0 Å². The fraction of sp³-hybridized carbons (Fsp3) is 0. The van der Waals surface area contributed by atoms with Crippen LogP contribution in [0.15, 0.2) is 36.2 Å². The number of hydrogen-bond acceptors (Lipinski definition) is 2. The molecule has 0 aromatic carbocycles. The molecule has 0 aliphatic rings. The highest BCUT2D eigenvalue weighted by molar-refractivity contribution is 6.23. The molecule has 3 N–H and O–H groups in total. The first-order valence-electron chi connectivity index (χ1n) is 2.40. The summed E-state index contributed by atoms with van der Waals surface area (Å²) in [6.45, 7) is 3.29. The van der Waals surface area contributed by atoms with E-state index in [1.54, 1.807) is 0 Å². The Labute approximate surface area is 55.8 Å². The molecular weight excluding hydrogens is 113 g/mol. The monoisotopic (exact) mass is 121 g/mol. The molecule has 2 nitrogen and oxygen atoms in total. The first-order valence-corrected chi connectivity index (χ1v) is 2.40. The average molecular weight is 121 g/mol. The highest BCUT2D eigenvalue weighted by Gasteiger charge is 1.86. The van der Waals surface area contributed by atoms with Gasteiger partial charge in [-0.1, -0.05) is 5.47 Å². The third kappa shape index (κ3) is 3.47. The summed E-state index contributed by atoms with van der Waals surface area (Å²) < 4.78 is 0. The maximum atomic E-state index is 8.79. The number of allylic oxidation sites excluding steroid dienone is 3. The van der Waals surface area contributed by atoms with Crippen LogP contribution < -0.4 is 5.73 Å². The smallest absolute Gasteiger partial charge is 0.118 e. The summed E-state index contributed by atoms with van der Waals surface area (Å²) in [5.74, 6) is -0.0586. The predicted octanol–water partition coefficient (Wildman–Crippen LogP) is 0.583. The number of nitrogens with two attached hydrogens (primary N) is 1. The molecule has 0 saturated heterocycles. The van der Waals surface area contributed by atoms with Gasteiger partial charge in [0, 0.05) is 0 Å². The van der Waals surface area contributed by atoms with Gasteiger partial charge in [0.05, 0.1) is 0 Å². The first-order chi connectivity index (χ1) is 4.18. The Bertz CT molecular complexity index is 160. The van der Waals surface area contributed by atoms with Gasteiger partial charge < -0.3 is 10.8 Å². The van der Waals surface area contributed by atoms with Gasteiger partial charge in [-0.15, -0.1) is 6.58 Å². The van der Waals surface area contributed by atoms with Crippen molar-refractivity contribution in [2.75, 3.05) is 0 Å². The third-order valence-electron chi connectivity index (χ3n) is 0.694. The lowest BCUT2D eigenvalue weighted by Gasteiger charge is -1.92. The summed E-state index contributed by atoms with van der Waals surface area (Å²) in [7, 11) is 5.09. The van der Waals surface area contributed by atoms with Gasteiger partial charge in [0.2, 0.25) is 0 Å². The van der Waals surface area contributed by atoms with Crippen molar-refractivity contribution in [3.05, 3.63) is 36.2 Å². The van der Waals surface area contributed by atoms with Crippen molar-refractivity contribution in [3.63, 3.8) is 0 Å². The maximum absolute atomic E-state index is 8.79. The summed E-state index contributed by atoms with van der Waals surface area (Å²) in [6.07, 6.45) is 4.12. The van der Waals surface area contributed by atoms with Crippen molar-refractivity contribution in [2.24, 2.45) is 5.73 Å². The molecule has 9 heavy (non-hydrogen) atoms. The molecule has 0 aromatic rings. The van der Waals surface area contributed by atoms with Gasteiger partial charge in [0.25, 0.3) is 0 Å². The fourth-order valence-corrected chi connectivity index (χ4v) is 0.254. The normalized spacial score (nSPS) is 12.2. The van der Waals surface area contributed by atoms with E-state index in [4.69, 9.17) is 18.7 Å². The van der Waals surface area contributed by atoms with Crippen molar-refractivity contribution < 1.29 is 5.11 Å². The molecule has 0 spiro atoms. The molecule has 0 bridgehead atoms. The van der Waals surface area contributed by atoms with Crippen molar-refractivity contribution in [1.29, 1.82) is 0 Å². The largest absolute Gasteiger partial charge is 0.509 e. The Morgan fingerprint density at radius 2 is 2.22 bits per heavy atom. The van der Waals surface area contributed by atoms with Crippen molar-refractivity contribution in [1.82, 2.24) is 0 Å². The Balaban J connectivity index is 4.00. The van der Waals surface area contributed by atoms with E-state index in [-0.39, 0.29) is 11.2 Å². The second-order valence-electron chi connectivity index (χ2n) is 1.46. The fourth-order valence-electron chi connectivity index (χ4n) is 0.254. The minimum absolute atomic E-state index is 0.0586. The standard InChI is InChI=1S/C6H8BNO/c1-5(7)6(9)3-2-4-8/h2-4,9H,1,8H2/b4-2-,6-3+. The molecule has 0 aliphatic carbocycles. The van der Waals surface area contributed by atoms with Crippen LogP contribution in [0.1, 0.15) is 0 Å². The van der Waals surface area contributed by atoms with E-state index >= 15 is 0 Å². The molecule has 0 saturated carbocycles. The lowest BCUT2D eigenvalue weighted by Crippen LogP contribution is -1.84. The van der Waals surface area contributed by atoms with Gasteiger partial charge in [-0.05, 0) is 18.4 Å². The van der Waals surface area contributed by atoms with Crippen LogP contribution in [0.25, 0.3) is 0 Å². The van der Waals surface area contributed by atoms with Gasteiger partial charge in [-0.3, -0.25) is 0 Å². The molecular formula is C6H8BNO. The highest BCUT2D eigenvalue weighted by Crippen LogP contribution is 1.96. The van der Waals surface area contributed by atoms with Crippen LogP contribution in [0.2, 0.25) is 0 Å². The topological polar surface area (TPSA) is 46.2 Å². The Morgan fingerprint density at radius 1 is 1.67 bits per heavy atom. The molecule has 0 amide bonds. The Kier molecular flexibility index (Phi) is 3.36. The summed E-state index contributed by atoms with van der Waals surface area (Å²) >= 11 is 0. The van der Waals surface area contributed by atoms with E-state index in [9.17, 15) is 0 Å². The molecule has 0 unspecified atom stereocenters. The minimum Gasteiger partial charge on any atom is -0.509 e. The number of rotatable bonds is 2. The lowest BCUT2D eigenvalue weighted by molar-refractivity contribution is 0.430. The van der Waals surface area contributed by atoms with Crippen molar-refractivity contribution in [3.8, 4) is 0 Å². The minimum atomic E-state index is -0.0586. The zero-order chi connectivity index (χ0) is 7.28.